The molecule has 1 aliphatic heterocycles. The summed E-state index contributed by atoms with van der Waals surface area (Å²) in [5, 5.41) is 6.16. The Labute approximate surface area is 96.2 Å². The molecule has 3 heteroatoms. The monoisotopic (exact) mass is 218 g/mol. The third-order valence-electron chi connectivity index (χ3n) is 3.19. The summed E-state index contributed by atoms with van der Waals surface area (Å²) in [6.45, 7) is 6.90. The summed E-state index contributed by atoms with van der Waals surface area (Å²) >= 11 is 0. The van der Waals surface area contributed by atoms with Gasteiger partial charge in [0, 0.05) is 31.1 Å². The van der Waals surface area contributed by atoms with Gasteiger partial charge in [-0.1, -0.05) is 6.07 Å². The van der Waals surface area contributed by atoms with Gasteiger partial charge in [-0.25, -0.2) is 0 Å². The molecule has 0 unspecified atom stereocenters. The highest BCUT2D eigenvalue weighted by atomic mass is 16.1. The lowest BCUT2D eigenvalue weighted by atomic mass is 10.0. The molecule has 1 heterocycles. The van der Waals surface area contributed by atoms with Crippen LogP contribution in [0.3, 0.4) is 0 Å². The van der Waals surface area contributed by atoms with E-state index < -0.39 is 0 Å². The highest BCUT2D eigenvalue weighted by Gasteiger charge is 2.17. The van der Waals surface area contributed by atoms with Crippen molar-refractivity contribution in [1.82, 2.24) is 10.6 Å². The molecule has 0 aliphatic carbocycles. The highest BCUT2D eigenvalue weighted by molar-refractivity contribution is 5.94. The van der Waals surface area contributed by atoms with Crippen LogP contribution in [-0.4, -0.2) is 25.5 Å². The zero-order valence-electron chi connectivity index (χ0n) is 9.84. The minimum absolute atomic E-state index is 0.0370. The zero-order valence-corrected chi connectivity index (χ0v) is 9.84. The second-order valence-electron chi connectivity index (χ2n) is 4.53. The average Bonchev–Trinajstić information content (AvgIpc) is 2.19. The molecule has 0 atom stereocenters. The maximum Gasteiger partial charge on any atom is 0.251 e. The van der Waals surface area contributed by atoms with Gasteiger partial charge in [-0.05, 0) is 37.1 Å². The van der Waals surface area contributed by atoms with E-state index >= 15 is 0 Å². The van der Waals surface area contributed by atoms with Crippen molar-refractivity contribution in [2.75, 3.05) is 19.6 Å². The molecule has 0 bridgehead atoms. The van der Waals surface area contributed by atoms with E-state index in [2.05, 4.69) is 17.6 Å². The van der Waals surface area contributed by atoms with Gasteiger partial charge >= 0.3 is 0 Å². The van der Waals surface area contributed by atoms with E-state index in [1.54, 1.807) is 0 Å². The summed E-state index contributed by atoms with van der Waals surface area (Å²) < 4.78 is 0. The van der Waals surface area contributed by atoms with Crippen molar-refractivity contribution in [3.8, 4) is 0 Å². The maximum absolute atomic E-state index is 11.8. The van der Waals surface area contributed by atoms with E-state index in [4.69, 9.17) is 0 Å². The van der Waals surface area contributed by atoms with Gasteiger partial charge in [-0.3, -0.25) is 4.79 Å². The quantitative estimate of drug-likeness (QED) is 0.801. The Morgan fingerprint density at radius 3 is 2.69 bits per heavy atom. The first-order valence-corrected chi connectivity index (χ1v) is 5.73. The molecule has 1 fully saturated rings. The smallest absolute Gasteiger partial charge is 0.251 e. The molecule has 0 spiro atoms. The Morgan fingerprint density at radius 2 is 2.12 bits per heavy atom. The molecule has 0 aromatic heterocycles. The van der Waals surface area contributed by atoms with Gasteiger partial charge in [-0.15, -0.1) is 0 Å². The Bertz CT molecular complexity index is 397. The van der Waals surface area contributed by atoms with E-state index in [0.29, 0.717) is 5.92 Å². The van der Waals surface area contributed by atoms with Crippen LogP contribution in [0.1, 0.15) is 21.5 Å². The molecule has 16 heavy (non-hydrogen) atoms. The summed E-state index contributed by atoms with van der Waals surface area (Å²) in [4.78, 5) is 11.8. The molecule has 2 rings (SSSR count). The Hall–Kier alpha value is -1.35. The van der Waals surface area contributed by atoms with Gasteiger partial charge < -0.3 is 10.6 Å². The molecule has 1 aromatic rings. The molecular weight excluding hydrogens is 200 g/mol. The molecule has 1 aromatic carbocycles. The molecule has 3 nitrogen and oxygen atoms in total. The van der Waals surface area contributed by atoms with Gasteiger partial charge in [0.25, 0.3) is 5.91 Å². The molecule has 1 amide bonds. The number of carbonyl (C=O) groups is 1. The third kappa shape index (κ3) is 2.42. The number of amides is 1. The van der Waals surface area contributed by atoms with Gasteiger partial charge in [0.2, 0.25) is 0 Å². The third-order valence-corrected chi connectivity index (χ3v) is 3.19. The zero-order chi connectivity index (χ0) is 11.5. The van der Waals surface area contributed by atoms with E-state index in [1.165, 1.54) is 5.56 Å². The van der Waals surface area contributed by atoms with Crippen LogP contribution < -0.4 is 10.6 Å². The van der Waals surface area contributed by atoms with E-state index in [0.717, 1.165) is 30.8 Å². The molecular formula is C13H18N2O. The summed E-state index contributed by atoms with van der Waals surface area (Å²) in [7, 11) is 0. The van der Waals surface area contributed by atoms with E-state index in [9.17, 15) is 4.79 Å². The molecule has 1 saturated heterocycles. The molecule has 86 valence electrons. The minimum atomic E-state index is 0.0370. The fourth-order valence-corrected chi connectivity index (χ4v) is 1.71. The largest absolute Gasteiger partial charge is 0.352 e. The Morgan fingerprint density at radius 1 is 1.38 bits per heavy atom. The number of hydrogen-bond donors (Lipinski definition) is 2. The molecule has 1 aliphatic rings. The van der Waals surface area contributed by atoms with Gasteiger partial charge in [0.05, 0.1) is 0 Å². The molecule has 0 saturated carbocycles. The van der Waals surface area contributed by atoms with Crippen molar-refractivity contribution in [2.24, 2.45) is 5.92 Å². The number of benzene rings is 1. The number of aryl methyl sites for hydroxylation is 2. The van der Waals surface area contributed by atoms with Crippen molar-refractivity contribution < 1.29 is 4.79 Å². The van der Waals surface area contributed by atoms with E-state index in [-0.39, 0.29) is 5.91 Å². The Balaban J connectivity index is 1.94. The number of nitrogens with one attached hydrogen (secondary N) is 2. The molecule has 2 N–H and O–H groups in total. The second kappa shape index (κ2) is 4.66. The lowest BCUT2D eigenvalue weighted by Gasteiger charge is -2.27. The fourth-order valence-electron chi connectivity index (χ4n) is 1.71. The van der Waals surface area contributed by atoms with Crippen LogP contribution in [0.25, 0.3) is 0 Å². The van der Waals surface area contributed by atoms with Crippen molar-refractivity contribution in [3.63, 3.8) is 0 Å². The summed E-state index contributed by atoms with van der Waals surface area (Å²) in [6, 6.07) is 5.83. The lowest BCUT2D eigenvalue weighted by molar-refractivity contribution is 0.0942. The second-order valence-corrected chi connectivity index (χ2v) is 4.53. The van der Waals surface area contributed by atoms with Crippen molar-refractivity contribution in [1.29, 1.82) is 0 Å². The van der Waals surface area contributed by atoms with Crippen molar-refractivity contribution >= 4 is 5.91 Å². The van der Waals surface area contributed by atoms with Crippen molar-refractivity contribution in [3.05, 3.63) is 34.9 Å². The van der Waals surface area contributed by atoms with Crippen LogP contribution in [0.15, 0.2) is 18.2 Å². The minimum Gasteiger partial charge on any atom is -0.352 e. The van der Waals surface area contributed by atoms with Crippen LogP contribution in [0.5, 0.6) is 0 Å². The normalized spacial score (nSPS) is 15.6. The SMILES string of the molecule is Cc1ccc(C(=O)NCC2CNC2)cc1C. The first-order chi connectivity index (χ1) is 7.66. The van der Waals surface area contributed by atoms with Gasteiger partial charge in [-0.2, -0.15) is 0 Å². The van der Waals surface area contributed by atoms with Crippen LogP contribution in [-0.2, 0) is 0 Å². The Kier molecular flexibility index (Phi) is 3.25. The fraction of sp³-hybridized carbons (Fsp3) is 0.462. The van der Waals surface area contributed by atoms with Crippen LogP contribution in [0.4, 0.5) is 0 Å². The van der Waals surface area contributed by atoms with Crippen LogP contribution in [0, 0.1) is 19.8 Å². The molecule has 0 radical (unpaired) electrons. The predicted octanol–water partition coefficient (Wildman–Crippen LogP) is 1.25. The summed E-state index contributed by atoms with van der Waals surface area (Å²) in [5.74, 6) is 0.644. The van der Waals surface area contributed by atoms with E-state index in [1.807, 2.05) is 25.1 Å². The summed E-state index contributed by atoms with van der Waals surface area (Å²) in [6.07, 6.45) is 0. The van der Waals surface area contributed by atoms with Crippen LogP contribution in [0.2, 0.25) is 0 Å². The first-order valence-electron chi connectivity index (χ1n) is 5.73. The highest BCUT2D eigenvalue weighted by Crippen LogP contribution is 2.10. The first kappa shape index (κ1) is 11.1. The lowest BCUT2D eigenvalue weighted by Crippen LogP contribution is -2.48. The summed E-state index contributed by atoms with van der Waals surface area (Å²) in [5.41, 5.74) is 3.15. The average molecular weight is 218 g/mol. The number of rotatable bonds is 3. The number of hydrogen-bond acceptors (Lipinski definition) is 2. The van der Waals surface area contributed by atoms with Crippen LogP contribution >= 0.6 is 0 Å². The topological polar surface area (TPSA) is 41.1 Å². The maximum atomic E-state index is 11.8. The standard InChI is InChI=1S/C13H18N2O/c1-9-3-4-12(5-10(9)2)13(16)15-8-11-6-14-7-11/h3-5,11,14H,6-8H2,1-2H3,(H,15,16). The predicted molar refractivity (Wildman–Crippen MR) is 64.6 cm³/mol. The number of carbonyl (C=O) groups excluding carboxylic acids is 1. The van der Waals surface area contributed by atoms with Gasteiger partial charge in [0.15, 0.2) is 0 Å². The van der Waals surface area contributed by atoms with Gasteiger partial charge in [0.1, 0.15) is 0 Å². The van der Waals surface area contributed by atoms with Crippen molar-refractivity contribution in [2.45, 2.75) is 13.8 Å².